The maximum Gasteiger partial charge on any atom is 0.0730 e. The molecule has 0 radical (unpaired) electrons. The van der Waals surface area contributed by atoms with Gasteiger partial charge in [-0.2, -0.15) is 0 Å². The first-order valence-corrected chi connectivity index (χ1v) is 7.05. The van der Waals surface area contributed by atoms with Gasteiger partial charge < -0.3 is 15.2 Å². The van der Waals surface area contributed by atoms with Crippen LogP contribution in [0.1, 0.15) is 32.6 Å². The van der Waals surface area contributed by atoms with Crippen molar-refractivity contribution in [3.63, 3.8) is 0 Å². The molecule has 2 rings (SSSR count). The summed E-state index contributed by atoms with van der Waals surface area (Å²) >= 11 is 0. The van der Waals surface area contributed by atoms with Gasteiger partial charge in [0.2, 0.25) is 0 Å². The fraction of sp³-hybridized carbons (Fsp3) is 1.00. The second kappa shape index (κ2) is 6.69. The summed E-state index contributed by atoms with van der Waals surface area (Å²) in [6.45, 7) is 6.06. The van der Waals surface area contributed by atoms with Gasteiger partial charge in [-0.05, 0) is 19.4 Å². The van der Waals surface area contributed by atoms with E-state index >= 15 is 0 Å². The summed E-state index contributed by atoms with van der Waals surface area (Å²) in [6, 6.07) is 0.797. The second-order valence-corrected chi connectivity index (χ2v) is 5.19. The van der Waals surface area contributed by atoms with Gasteiger partial charge in [-0.15, -0.1) is 0 Å². The fourth-order valence-corrected chi connectivity index (χ4v) is 3.16. The van der Waals surface area contributed by atoms with Gasteiger partial charge in [-0.1, -0.05) is 19.8 Å². The van der Waals surface area contributed by atoms with Gasteiger partial charge in [-0.3, -0.25) is 4.90 Å². The summed E-state index contributed by atoms with van der Waals surface area (Å²) in [7, 11) is 0. The van der Waals surface area contributed by atoms with E-state index in [1.165, 1.54) is 25.7 Å². The molecule has 0 aromatic heterocycles. The van der Waals surface area contributed by atoms with Crippen LogP contribution in [-0.2, 0) is 4.74 Å². The van der Waals surface area contributed by atoms with Crippen molar-refractivity contribution < 1.29 is 9.84 Å². The first kappa shape index (κ1) is 13.3. The maximum atomic E-state index is 9.36. The Kier molecular flexibility index (Phi) is 5.22. The Morgan fingerprint density at radius 1 is 1.41 bits per heavy atom. The Hall–Kier alpha value is -0.160. The van der Waals surface area contributed by atoms with Gasteiger partial charge in [0.25, 0.3) is 0 Å². The van der Waals surface area contributed by atoms with E-state index in [1.807, 2.05) is 0 Å². The van der Waals surface area contributed by atoms with E-state index in [4.69, 9.17) is 4.74 Å². The number of fused-ring (bicyclic) bond motifs is 1. The van der Waals surface area contributed by atoms with Crippen molar-refractivity contribution >= 4 is 0 Å². The van der Waals surface area contributed by atoms with Crippen LogP contribution in [-0.4, -0.2) is 61.0 Å². The topological polar surface area (TPSA) is 44.7 Å². The molecule has 100 valence electrons. The van der Waals surface area contributed by atoms with E-state index in [0.29, 0.717) is 12.1 Å². The lowest BCUT2D eigenvalue weighted by Crippen LogP contribution is -2.56. The molecule has 4 heteroatoms. The van der Waals surface area contributed by atoms with Crippen LogP contribution in [0.3, 0.4) is 0 Å². The SMILES string of the molecule is CCNC(CO)CN1CCOC2CCCCC21. The summed E-state index contributed by atoms with van der Waals surface area (Å²) in [6.07, 6.45) is 5.55. The van der Waals surface area contributed by atoms with Crippen molar-refractivity contribution in [1.82, 2.24) is 10.2 Å². The minimum absolute atomic E-state index is 0.209. The normalized spacial score (nSPS) is 32.1. The average molecular weight is 242 g/mol. The Morgan fingerprint density at radius 2 is 2.24 bits per heavy atom. The first-order valence-electron chi connectivity index (χ1n) is 7.05. The molecule has 0 aromatic carbocycles. The van der Waals surface area contributed by atoms with E-state index in [0.717, 1.165) is 26.2 Å². The molecule has 0 spiro atoms. The first-order chi connectivity index (χ1) is 8.35. The van der Waals surface area contributed by atoms with Crippen molar-refractivity contribution in [2.75, 3.05) is 32.8 Å². The zero-order valence-corrected chi connectivity index (χ0v) is 10.9. The number of likely N-dealkylation sites (N-methyl/N-ethyl adjacent to an activating group) is 1. The molecule has 17 heavy (non-hydrogen) atoms. The maximum absolute atomic E-state index is 9.36. The summed E-state index contributed by atoms with van der Waals surface area (Å²) in [5, 5.41) is 12.7. The third kappa shape index (κ3) is 3.41. The molecule has 0 amide bonds. The summed E-state index contributed by atoms with van der Waals surface area (Å²) in [5.74, 6) is 0. The molecule has 2 N–H and O–H groups in total. The molecule has 1 saturated heterocycles. The molecule has 0 bridgehead atoms. The number of morpholine rings is 1. The van der Waals surface area contributed by atoms with Crippen LogP contribution < -0.4 is 5.32 Å². The van der Waals surface area contributed by atoms with Gasteiger partial charge in [0.15, 0.2) is 0 Å². The Balaban J connectivity index is 1.89. The molecular formula is C13H26N2O2. The highest BCUT2D eigenvalue weighted by Crippen LogP contribution is 2.28. The average Bonchev–Trinajstić information content (AvgIpc) is 2.38. The lowest BCUT2D eigenvalue weighted by Gasteiger charge is -2.44. The molecule has 1 aliphatic heterocycles. The van der Waals surface area contributed by atoms with E-state index in [2.05, 4.69) is 17.1 Å². The molecule has 1 saturated carbocycles. The van der Waals surface area contributed by atoms with Crippen LogP contribution in [0.15, 0.2) is 0 Å². The number of rotatable bonds is 5. The molecule has 3 unspecified atom stereocenters. The quantitative estimate of drug-likeness (QED) is 0.741. The molecule has 2 fully saturated rings. The second-order valence-electron chi connectivity index (χ2n) is 5.19. The van der Waals surface area contributed by atoms with Crippen molar-refractivity contribution in [2.45, 2.75) is 50.8 Å². The minimum Gasteiger partial charge on any atom is -0.395 e. The standard InChI is InChI=1S/C13H26N2O2/c1-2-14-11(10-16)9-15-7-8-17-13-6-4-3-5-12(13)15/h11-14,16H,2-10H2,1H3. The monoisotopic (exact) mass is 242 g/mol. The highest BCUT2D eigenvalue weighted by Gasteiger charge is 2.34. The minimum atomic E-state index is 0.209. The third-order valence-electron chi connectivity index (χ3n) is 4.02. The molecule has 0 aromatic rings. The van der Waals surface area contributed by atoms with Gasteiger partial charge in [0, 0.05) is 25.2 Å². The Bertz CT molecular complexity index is 223. The summed E-state index contributed by atoms with van der Waals surface area (Å²) < 4.78 is 5.86. The lowest BCUT2D eigenvalue weighted by molar-refractivity contribution is -0.0912. The Labute approximate surface area is 104 Å². The highest BCUT2D eigenvalue weighted by molar-refractivity contribution is 4.89. The predicted molar refractivity (Wildman–Crippen MR) is 68.1 cm³/mol. The van der Waals surface area contributed by atoms with E-state index in [9.17, 15) is 5.11 Å². The summed E-state index contributed by atoms with van der Waals surface area (Å²) in [4.78, 5) is 2.52. The van der Waals surface area contributed by atoms with Crippen LogP contribution in [0.25, 0.3) is 0 Å². The number of aliphatic hydroxyl groups is 1. The zero-order valence-electron chi connectivity index (χ0n) is 10.9. The number of nitrogens with one attached hydrogen (secondary N) is 1. The number of hydrogen-bond donors (Lipinski definition) is 2. The van der Waals surface area contributed by atoms with Crippen molar-refractivity contribution in [3.8, 4) is 0 Å². The molecular weight excluding hydrogens is 216 g/mol. The molecule has 2 aliphatic rings. The number of nitrogens with zero attached hydrogens (tertiary/aromatic N) is 1. The van der Waals surface area contributed by atoms with E-state index < -0.39 is 0 Å². The lowest BCUT2D eigenvalue weighted by atomic mass is 9.90. The molecule has 1 heterocycles. The molecule has 1 aliphatic carbocycles. The van der Waals surface area contributed by atoms with Crippen LogP contribution >= 0.6 is 0 Å². The number of hydrogen-bond acceptors (Lipinski definition) is 4. The van der Waals surface area contributed by atoms with Crippen LogP contribution in [0.5, 0.6) is 0 Å². The third-order valence-corrected chi connectivity index (χ3v) is 4.02. The van der Waals surface area contributed by atoms with Crippen LogP contribution in [0.2, 0.25) is 0 Å². The van der Waals surface area contributed by atoms with Gasteiger partial charge >= 0.3 is 0 Å². The fourth-order valence-electron chi connectivity index (χ4n) is 3.16. The van der Waals surface area contributed by atoms with Crippen LogP contribution in [0.4, 0.5) is 0 Å². The van der Waals surface area contributed by atoms with Gasteiger partial charge in [0.1, 0.15) is 0 Å². The van der Waals surface area contributed by atoms with Gasteiger partial charge in [0.05, 0.1) is 19.3 Å². The largest absolute Gasteiger partial charge is 0.395 e. The van der Waals surface area contributed by atoms with Crippen molar-refractivity contribution in [2.24, 2.45) is 0 Å². The van der Waals surface area contributed by atoms with E-state index in [-0.39, 0.29) is 12.6 Å². The van der Waals surface area contributed by atoms with Crippen molar-refractivity contribution in [1.29, 1.82) is 0 Å². The molecule has 4 nitrogen and oxygen atoms in total. The predicted octanol–water partition coefficient (Wildman–Crippen LogP) is 0.600. The number of aliphatic hydroxyl groups excluding tert-OH is 1. The highest BCUT2D eigenvalue weighted by atomic mass is 16.5. The summed E-state index contributed by atoms with van der Waals surface area (Å²) in [5.41, 5.74) is 0. The van der Waals surface area contributed by atoms with E-state index in [1.54, 1.807) is 0 Å². The smallest absolute Gasteiger partial charge is 0.0730 e. The van der Waals surface area contributed by atoms with Crippen molar-refractivity contribution in [3.05, 3.63) is 0 Å². The Morgan fingerprint density at radius 3 is 3.00 bits per heavy atom. The van der Waals surface area contributed by atoms with Gasteiger partial charge in [-0.25, -0.2) is 0 Å². The number of ether oxygens (including phenoxy) is 1. The van der Waals surface area contributed by atoms with Crippen LogP contribution in [0, 0.1) is 0 Å². The zero-order chi connectivity index (χ0) is 12.1. The molecule has 3 atom stereocenters.